The van der Waals surface area contributed by atoms with Crippen molar-refractivity contribution < 1.29 is 4.74 Å². The third-order valence-corrected chi connectivity index (χ3v) is 2.14. The van der Waals surface area contributed by atoms with E-state index in [-0.39, 0.29) is 0 Å². The second-order valence-electron chi connectivity index (χ2n) is 3.42. The summed E-state index contributed by atoms with van der Waals surface area (Å²) in [6.07, 6.45) is 3.54. The lowest BCUT2D eigenvalue weighted by atomic mass is 10.1. The molecule has 0 amide bonds. The third kappa shape index (κ3) is 3.37. The maximum absolute atomic E-state index is 5.30. The molecule has 2 nitrogen and oxygen atoms in total. The van der Waals surface area contributed by atoms with Crippen molar-refractivity contribution in [2.45, 2.75) is 20.3 Å². The summed E-state index contributed by atoms with van der Waals surface area (Å²) in [6.45, 7) is 8.24. The maximum Gasteiger partial charge on any atom is 0.0529 e. The molecule has 0 aromatic rings. The van der Waals surface area contributed by atoms with Crippen molar-refractivity contribution in [2.24, 2.45) is 5.92 Å². The maximum atomic E-state index is 5.30. The van der Waals surface area contributed by atoms with E-state index in [1.165, 1.54) is 12.0 Å². The Morgan fingerprint density at radius 1 is 1.67 bits per heavy atom. The van der Waals surface area contributed by atoms with Gasteiger partial charge in [-0.3, -0.25) is 0 Å². The molecule has 1 saturated heterocycles. The number of hydrogen-bond donors (Lipinski definition) is 1. The molecule has 1 N–H and O–H groups in total. The molecule has 0 bridgehead atoms. The molecule has 1 heterocycles. The summed E-state index contributed by atoms with van der Waals surface area (Å²) in [6, 6.07) is 0. The highest BCUT2D eigenvalue weighted by Gasteiger charge is 2.12. The summed E-state index contributed by atoms with van der Waals surface area (Å²) in [5, 5.41) is 3.31. The van der Waals surface area contributed by atoms with Crippen LogP contribution in [0.15, 0.2) is 11.6 Å². The Morgan fingerprint density at radius 2 is 2.50 bits per heavy atom. The van der Waals surface area contributed by atoms with E-state index in [9.17, 15) is 0 Å². The van der Waals surface area contributed by atoms with Crippen molar-refractivity contribution in [2.75, 3.05) is 26.3 Å². The predicted octanol–water partition coefficient (Wildman–Crippen LogP) is 1.58. The van der Waals surface area contributed by atoms with Gasteiger partial charge in [-0.05, 0) is 19.9 Å². The summed E-state index contributed by atoms with van der Waals surface area (Å²) in [7, 11) is 0. The molecule has 1 fully saturated rings. The van der Waals surface area contributed by atoms with E-state index in [1.807, 2.05) is 0 Å². The molecule has 70 valence electrons. The van der Waals surface area contributed by atoms with Crippen LogP contribution in [0.5, 0.6) is 0 Å². The molecule has 0 radical (unpaired) electrons. The van der Waals surface area contributed by atoms with Gasteiger partial charge in [0, 0.05) is 19.1 Å². The van der Waals surface area contributed by atoms with Crippen LogP contribution in [0.3, 0.4) is 0 Å². The van der Waals surface area contributed by atoms with Crippen LogP contribution in [0.25, 0.3) is 0 Å². The SMILES string of the molecule is CCNC/C(C)=C/C1CCOC1. The van der Waals surface area contributed by atoms with E-state index in [0.29, 0.717) is 5.92 Å². The van der Waals surface area contributed by atoms with E-state index in [0.717, 1.165) is 26.3 Å². The minimum absolute atomic E-state index is 0.670. The van der Waals surface area contributed by atoms with Crippen LogP contribution in [0, 0.1) is 5.92 Å². The van der Waals surface area contributed by atoms with Crippen molar-refractivity contribution in [3.63, 3.8) is 0 Å². The zero-order chi connectivity index (χ0) is 8.81. The number of ether oxygens (including phenoxy) is 1. The van der Waals surface area contributed by atoms with Crippen LogP contribution >= 0.6 is 0 Å². The number of likely N-dealkylation sites (N-methyl/N-ethyl adjacent to an activating group) is 1. The fraction of sp³-hybridized carbons (Fsp3) is 0.800. The molecule has 1 atom stereocenters. The van der Waals surface area contributed by atoms with Gasteiger partial charge in [-0.25, -0.2) is 0 Å². The molecule has 0 saturated carbocycles. The Hall–Kier alpha value is -0.340. The van der Waals surface area contributed by atoms with Crippen molar-refractivity contribution in [1.29, 1.82) is 0 Å². The molecule has 0 aliphatic carbocycles. The smallest absolute Gasteiger partial charge is 0.0529 e. The molecule has 12 heavy (non-hydrogen) atoms. The first kappa shape index (κ1) is 9.75. The molecular weight excluding hydrogens is 150 g/mol. The normalized spacial score (nSPS) is 24.8. The van der Waals surface area contributed by atoms with Gasteiger partial charge in [-0.2, -0.15) is 0 Å². The molecular formula is C10H19NO. The molecule has 2 heteroatoms. The molecule has 1 aliphatic heterocycles. The highest BCUT2D eigenvalue weighted by molar-refractivity contribution is 5.03. The Morgan fingerprint density at radius 3 is 3.08 bits per heavy atom. The highest BCUT2D eigenvalue weighted by atomic mass is 16.5. The van der Waals surface area contributed by atoms with E-state index < -0.39 is 0 Å². The van der Waals surface area contributed by atoms with Crippen molar-refractivity contribution in [3.8, 4) is 0 Å². The number of nitrogens with one attached hydrogen (secondary N) is 1. The Bertz CT molecular complexity index is 148. The lowest BCUT2D eigenvalue weighted by Crippen LogP contribution is -2.15. The van der Waals surface area contributed by atoms with Gasteiger partial charge >= 0.3 is 0 Å². The number of rotatable bonds is 4. The predicted molar refractivity (Wildman–Crippen MR) is 51.2 cm³/mol. The summed E-state index contributed by atoms with van der Waals surface area (Å²) < 4.78 is 5.30. The van der Waals surface area contributed by atoms with Crippen LogP contribution in [0.4, 0.5) is 0 Å². The lowest BCUT2D eigenvalue weighted by molar-refractivity contribution is 0.191. The van der Waals surface area contributed by atoms with Gasteiger partial charge in [0.25, 0.3) is 0 Å². The average Bonchev–Trinajstić information content (AvgIpc) is 2.53. The average molecular weight is 169 g/mol. The van der Waals surface area contributed by atoms with Crippen LogP contribution in [-0.2, 0) is 4.74 Å². The van der Waals surface area contributed by atoms with E-state index >= 15 is 0 Å². The Kier molecular flexibility index (Phi) is 4.33. The second-order valence-corrected chi connectivity index (χ2v) is 3.42. The van der Waals surface area contributed by atoms with Crippen LogP contribution in [0.2, 0.25) is 0 Å². The largest absolute Gasteiger partial charge is 0.381 e. The molecule has 0 spiro atoms. The van der Waals surface area contributed by atoms with Crippen LogP contribution in [0.1, 0.15) is 20.3 Å². The van der Waals surface area contributed by atoms with Crippen molar-refractivity contribution in [1.82, 2.24) is 5.32 Å². The van der Waals surface area contributed by atoms with E-state index in [2.05, 4.69) is 25.2 Å². The fourth-order valence-corrected chi connectivity index (χ4v) is 1.47. The number of hydrogen-bond acceptors (Lipinski definition) is 2. The van der Waals surface area contributed by atoms with E-state index in [4.69, 9.17) is 4.74 Å². The fourth-order valence-electron chi connectivity index (χ4n) is 1.47. The first-order valence-electron chi connectivity index (χ1n) is 4.78. The first-order chi connectivity index (χ1) is 5.83. The lowest BCUT2D eigenvalue weighted by Gasteiger charge is -2.05. The molecule has 1 aliphatic rings. The molecule has 1 unspecified atom stereocenters. The van der Waals surface area contributed by atoms with Crippen molar-refractivity contribution >= 4 is 0 Å². The quantitative estimate of drug-likeness (QED) is 0.645. The first-order valence-corrected chi connectivity index (χ1v) is 4.78. The standard InChI is InChI=1S/C10H19NO/c1-3-11-7-9(2)6-10-4-5-12-8-10/h6,10-11H,3-5,7-8H2,1-2H3/b9-6+. The van der Waals surface area contributed by atoms with Gasteiger partial charge in [-0.1, -0.05) is 18.6 Å². The minimum atomic E-state index is 0.670. The zero-order valence-corrected chi connectivity index (χ0v) is 8.10. The zero-order valence-electron chi connectivity index (χ0n) is 8.10. The van der Waals surface area contributed by atoms with Crippen LogP contribution in [-0.4, -0.2) is 26.3 Å². The van der Waals surface area contributed by atoms with Gasteiger partial charge < -0.3 is 10.1 Å². The summed E-state index contributed by atoms with van der Waals surface area (Å²) >= 11 is 0. The second kappa shape index (κ2) is 5.33. The van der Waals surface area contributed by atoms with Crippen molar-refractivity contribution in [3.05, 3.63) is 11.6 Å². The Balaban J connectivity index is 2.23. The molecule has 1 rings (SSSR count). The summed E-state index contributed by atoms with van der Waals surface area (Å²) in [5.41, 5.74) is 1.44. The monoisotopic (exact) mass is 169 g/mol. The summed E-state index contributed by atoms with van der Waals surface area (Å²) in [4.78, 5) is 0. The van der Waals surface area contributed by atoms with Gasteiger partial charge in [0.15, 0.2) is 0 Å². The van der Waals surface area contributed by atoms with Crippen LogP contribution < -0.4 is 5.32 Å². The third-order valence-electron chi connectivity index (χ3n) is 2.14. The van der Waals surface area contributed by atoms with Gasteiger partial charge in [0.2, 0.25) is 0 Å². The van der Waals surface area contributed by atoms with Gasteiger partial charge in [0.05, 0.1) is 6.61 Å². The van der Waals surface area contributed by atoms with Gasteiger partial charge in [0.1, 0.15) is 0 Å². The summed E-state index contributed by atoms with van der Waals surface area (Å²) in [5.74, 6) is 0.670. The molecule has 0 aromatic heterocycles. The molecule has 0 aromatic carbocycles. The highest BCUT2D eigenvalue weighted by Crippen LogP contribution is 2.15. The Labute approximate surface area is 75.0 Å². The minimum Gasteiger partial charge on any atom is -0.381 e. The topological polar surface area (TPSA) is 21.3 Å². The van der Waals surface area contributed by atoms with Gasteiger partial charge in [-0.15, -0.1) is 0 Å². The van der Waals surface area contributed by atoms with E-state index in [1.54, 1.807) is 0 Å².